The lowest BCUT2D eigenvalue weighted by Gasteiger charge is -2.02. The van der Waals surface area contributed by atoms with Crippen molar-refractivity contribution in [3.63, 3.8) is 0 Å². The van der Waals surface area contributed by atoms with Gasteiger partial charge in [0.15, 0.2) is 5.16 Å². The monoisotopic (exact) mass is 349 g/mol. The molecule has 84 valence electrons. The largest absolute Gasteiger partial charge is 0.343 e. The van der Waals surface area contributed by atoms with Crippen LogP contribution >= 0.6 is 34.4 Å². The highest BCUT2D eigenvalue weighted by molar-refractivity contribution is 14.1. The van der Waals surface area contributed by atoms with Crippen molar-refractivity contribution in [2.24, 2.45) is 0 Å². The van der Waals surface area contributed by atoms with Crippen molar-refractivity contribution < 1.29 is 0 Å². The van der Waals surface area contributed by atoms with Crippen LogP contribution in [0, 0.1) is 3.57 Å². The van der Waals surface area contributed by atoms with Crippen molar-refractivity contribution in [3.05, 3.63) is 26.6 Å². The molecule has 2 aromatic rings. The highest BCUT2D eigenvalue weighted by atomic mass is 127. The Morgan fingerprint density at radius 2 is 2.44 bits per heavy atom. The van der Waals surface area contributed by atoms with Gasteiger partial charge in [0.2, 0.25) is 0 Å². The Labute approximate surface area is 109 Å². The standard InChI is InChI=1S/C8H8IN5OS/c1-2-14-7(15)12-13-8(14)16-6-5(9)3-10-4-11-6/h3-4H,2H2,1H3,(H,12,15). The summed E-state index contributed by atoms with van der Waals surface area (Å²) in [4.78, 5) is 19.4. The van der Waals surface area contributed by atoms with Gasteiger partial charge in [-0.05, 0) is 41.3 Å². The first kappa shape index (κ1) is 11.6. The number of hydrogen-bond donors (Lipinski definition) is 1. The lowest BCUT2D eigenvalue weighted by molar-refractivity contribution is 0.660. The molecule has 0 bridgehead atoms. The van der Waals surface area contributed by atoms with Gasteiger partial charge in [-0.25, -0.2) is 19.9 Å². The van der Waals surface area contributed by atoms with Gasteiger partial charge in [-0.15, -0.1) is 5.10 Å². The van der Waals surface area contributed by atoms with Gasteiger partial charge in [0.25, 0.3) is 0 Å². The molecule has 2 rings (SSSR count). The summed E-state index contributed by atoms with van der Waals surface area (Å²) in [6, 6.07) is 0. The van der Waals surface area contributed by atoms with E-state index in [9.17, 15) is 4.79 Å². The van der Waals surface area contributed by atoms with Gasteiger partial charge in [0, 0.05) is 12.7 Å². The Hall–Kier alpha value is -0.900. The first-order valence-electron chi connectivity index (χ1n) is 4.51. The van der Waals surface area contributed by atoms with Crippen LogP contribution in [0.3, 0.4) is 0 Å². The first-order valence-corrected chi connectivity index (χ1v) is 6.40. The van der Waals surface area contributed by atoms with Crippen LogP contribution in [0.1, 0.15) is 6.92 Å². The van der Waals surface area contributed by atoms with Gasteiger partial charge in [0.05, 0.1) is 3.57 Å². The van der Waals surface area contributed by atoms with E-state index in [4.69, 9.17) is 0 Å². The van der Waals surface area contributed by atoms with E-state index in [1.165, 1.54) is 18.1 Å². The van der Waals surface area contributed by atoms with Crippen molar-refractivity contribution in [3.8, 4) is 0 Å². The van der Waals surface area contributed by atoms with Gasteiger partial charge >= 0.3 is 5.69 Å². The Kier molecular flexibility index (Phi) is 3.59. The third-order valence-electron chi connectivity index (χ3n) is 1.86. The quantitative estimate of drug-likeness (QED) is 0.664. The molecule has 8 heteroatoms. The van der Waals surface area contributed by atoms with E-state index < -0.39 is 0 Å². The Morgan fingerprint density at radius 3 is 3.12 bits per heavy atom. The molecular weight excluding hydrogens is 341 g/mol. The second-order valence-corrected chi connectivity index (χ2v) is 4.95. The number of hydrogen-bond acceptors (Lipinski definition) is 5. The Bertz CT molecular complexity index is 551. The molecule has 2 heterocycles. The van der Waals surface area contributed by atoms with Gasteiger partial charge in [-0.2, -0.15) is 0 Å². The average Bonchev–Trinajstić information content (AvgIpc) is 2.63. The second-order valence-electron chi connectivity index (χ2n) is 2.83. The van der Waals surface area contributed by atoms with E-state index in [0.29, 0.717) is 11.7 Å². The molecule has 16 heavy (non-hydrogen) atoms. The number of H-pyrrole nitrogens is 1. The minimum absolute atomic E-state index is 0.200. The van der Waals surface area contributed by atoms with Gasteiger partial charge < -0.3 is 0 Å². The normalized spacial score (nSPS) is 10.6. The molecule has 1 N–H and O–H groups in total. The minimum atomic E-state index is -0.200. The second kappa shape index (κ2) is 4.95. The predicted molar refractivity (Wildman–Crippen MR) is 67.4 cm³/mol. The molecule has 0 spiro atoms. The molecule has 0 radical (unpaired) electrons. The fraction of sp³-hybridized carbons (Fsp3) is 0.250. The minimum Gasteiger partial charge on any atom is -0.270 e. The van der Waals surface area contributed by atoms with E-state index in [1.54, 1.807) is 10.8 Å². The zero-order valence-electron chi connectivity index (χ0n) is 8.35. The zero-order valence-corrected chi connectivity index (χ0v) is 11.3. The third kappa shape index (κ3) is 2.26. The summed E-state index contributed by atoms with van der Waals surface area (Å²) in [5.74, 6) is 0. The SMILES string of the molecule is CCn1c(Sc2ncncc2I)n[nH]c1=O. The molecule has 0 amide bonds. The summed E-state index contributed by atoms with van der Waals surface area (Å²) < 4.78 is 2.49. The van der Waals surface area contributed by atoms with Gasteiger partial charge in [-0.1, -0.05) is 0 Å². The van der Waals surface area contributed by atoms with Gasteiger partial charge in [0.1, 0.15) is 11.4 Å². The van der Waals surface area contributed by atoms with Crippen LogP contribution in [0.2, 0.25) is 0 Å². The number of aromatic nitrogens is 5. The molecule has 0 aliphatic carbocycles. The molecule has 0 saturated carbocycles. The summed E-state index contributed by atoms with van der Waals surface area (Å²) in [6.45, 7) is 2.48. The van der Waals surface area contributed by atoms with Crippen LogP contribution in [0.5, 0.6) is 0 Å². The summed E-state index contributed by atoms with van der Waals surface area (Å²) >= 11 is 3.49. The van der Waals surface area contributed by atoms with Crippen molar-refractivity contribution in [2.45, 2.75) is 23.7 Å². The molecule has 0 fully saturated rings. The van der Waals surface area contributed by atoms with Crippen LogP contribution in [0.4, 0.5) is 0 Å². The van der Waals surface area contributed by atoms with Crippen LogP contribution in [0.25, 0.3) is 0 Å². The van der Waals surface area contributed by atoms with Crippen molar-refractivity contribution in [1.82, 2.24) is 24.7 Å². The van der Waals surface area contributed by atoms with Crippen molar-refractivity contribution >= 4 is 34.4 Å². The molecule has 0 unspecified atom stereocenters. The maximum absolute atomic E-state index is 11.3. The fourth-order valence-corrected chi connectivity index (χ4v) is 2.59. The molecule has 0 aliphatic heterocycles. The smallest absolute Gasteiger partial charge is 0.270 e. The summed E-state index contributed by atoms with van der Waals surface area (Å²) in [5.41, 5.74) is -0.200. The first-order chi connectivity index (χ1) is 7.72. The topological polar surface area (TPSA) is 76.5 Å². The van der Waals surface area contributed by atoms with Crippen LogP contribution < -0.4 is 5.69 Å². The van der Waals surface area contributed by atoms with Crippen LogP contribution in [0.15, 0.2) is 27.5 Å². The lowest BCUT2D eigenvalue weighted by Crippen LogP contribution is -2.16. The van der Waals surface area contributed by atoms with Crippen molar-refractivity contribution in [2.75, 3.05) is 0 Å². The van der Waals surface area contributed by atoms with Crippen LogP contribution in [-0.4, -0.2) is 24.7 Å². The third-order valence-corrected chi connectivity index (χ3v) is 4.03. The van der Waals surface area contributed by atoms with E-state index in [1.807, 2.05) is 6.92 Å². The number of aromatic amines is 1. The fourth-order valence-electron chi connectivity index (χ4n) is 1.12. The van der Waals surface area contributed by atoms with E-state index in [0.717, 1.165) is 8.60 Å². The Morgan fingerprint density at radius 1 is 1.62 bits per heavy atom. The molecule has 0 aliphatic rings. The number of nitrogens with one attached hydrogen (secondary N) is 1. The Balaban J connectivity index is 2.34. The number of nitrogens with zero attached hydrogens (tertiary/aromatic N) is 4. The van der Waals surface area contributed by atoms with Gasteiger partial charge in [-0.3, -0.25) is 4.57 Å². The van der Waals surface area contributed by atoms with E-state index in [2.05, 4.69) is 42.8 Å². The molecule has 2 aromatic heterocycles. The van der Waals surface area contributed by atoms with Crippen molar-refractivity contribution in [1.29, 1.82) is 0 Å². The molecule has 0 saturated heterocycles. The summed E-state index contributed by atoms with van der Waals surface area (Å²) in [7, 11) is 0. The summed E-state index contributed by atoms with van der Waals surface area (Å²) in [5, 5.41) is 7.78. The molecule has 0 atom stereocenters. The molecule has 0 aromatic carbocycles. The maximum atomic E-state index is 11.3. The number of halogens is 1. The van der Waals surface area contributed by atoms with E-state index >= 15 is 0 Å². The average molecular weight is 349 g/mol. The molecular formula is C8H8IN5OS. The maximum Gasteiger partial charge on any atom is 0.343 e. The lowest BCUT2D eigenvalue weighted by atomic mass is 10.7. The molecule has 6 nitrogen and oxygen atoms in total. The summed E-state index contributed by atoms with van der Waals surface area (Å²) in [6.07, 6.45) is 3.20. The van der Waals surface area contributed by atoms with E-state index in [-0.39, 0.29) is 5.69 Å². The predicted octanol–water partition coefficient (Wildman–Crippen LogP) is 1.14. The number of rotatable bonds is 3. The zero-order chi connectivity index (χ0) is 11.5. The highest BCUT2D eigenvalue weighted by Crippen LogP contribution is 2.26. The highest BCUT2D eigenvalue weighted by Gasteiger charge is 2.11. The van der Waals surface area contributed by atoms with Crippen LogP contribution in [-0.2, 0) is 6.54 Å².